The maximum atomic E-state index is 11.4. The van der Waals surface area contributed by atoms with Crippen molar-refractivity contribution in [2.45, 2.75) is 59.5 Å². The highest BCUT2D eigenvalue weighted by molar-refractivity contribution is 5.82. The van der Waals surface area contributed by atoms with Crippen LogP contribution in [0.1, 0.15) is 47.5 Å². The molecule has 1 unspecified atom stereocenters. The van der Waals surface area contributed by atoms with Gasteiger partial charge in [0, 0.05) is 18.5 Å². The maximum absolute atomic E-state index is 11.4. The summed E-state index contributed by atoms with van der Waals surface area (Å²) < 4.78 is 0. The maximum Gasteiger partial charge on any atom is 0.146 e. The summed E-state index contributed by atoms with van der Waals surface area (Å²) in [5.74, 6) is 1.19. The largest absolute Gasteiger partial charge is 0.387 e. The summed E-state index contributed by atoms with van der Waals surface area (Å²) in [6.45, 7) is 10.5. The van der Waals surface area contributed by atoms with Crippen molar-refractivity contribution in [1.82, 2.24) is 5.32 Å². The lowest BCUT2D eigenvalue weighted by molar-refractivity contribution is -0.119. The Labute approximate surface area is 105 Å². The van der Waals surface area contributed by atoms with E-state index >= 15 is 0 Å². The molecule has 0 radical (unpaired) electrons. The molecule has 4 heteroatoms. The minimum Gasteiger partial charge on any atom is -0.387 e. The molecule has 0 aromatic heterocycles. The predicted molar refractivity (Wildman–Crippen MR) is 73.3 cm³/mol. The van der Waals surface area contributed by atoms with Crippen molar-refractivity contribution < 1.29 is 4.79 Å². The smallest absolute Gasteiger partial charge is 0.146 e. The molecule has 17 heavy (non-hydrogen) atoms. The molecular formula is C13H27N3O. The first kappa shape index (κ1) is 16.1. The molecule has 0 rings (SSSR count). The third-order valence-electron chi connectivity index (χ3n) is 2.56. The van der Waals surface area contributed by atoms with Gasteiger partial charge in [-0.25, -0.2) is 0 Å². The summed E-state index contributed by atoms with van der Waals surface area (Å²) in [5.41, 5.74) is 5.74. The van der Waals surface area contributed by atoms with Crippen LogP contribution in [-0.2, 0) is 4.79 Å². The molecule has 3 N–H and O–H groups in total. The van der Waals surface area contributed by atoms with Crippen LogP contribution in [0.5, 0.6) is 0 Å². The van der Waals surface area contributed by atoms with Crippen molar-refractivity contribution in [3.05, 3.63) is 0 Å². The van der Waals surface area contributed by atoms with Crippen LogP contribution in [0.25, 0.3) is 0 Å². The van der Waals surface area contributed by atoms with Gasteiger partial charge in [0.25, 0.3) is 0 Å². The topological polar surface area (TPSA) is 67.5 Å². The Bertz CT molecular complexity index is 259. The van der Waals surface area contributed by atoms with Crippen molar-refractivity contribution in [3.63, 3.8) is 0 Å². The van der Waals surface area contributed by atoms with E-state index in [2.05, 4.69) is 10.3 Å². The molecular weight excluding hydrogens is 214 g/mol. The monoisotopic (exact) mass is 241 g/mol. The van der Waals surface area contributed by atoms with Gasteiger partial charge in [-0.15, -0.1) is 0 Å². The third-order valence-corrected chi connectivity index (χ3v) is 2.56. The Morgan fingerprint density at radius 1 is 1.29 bits per heavy atom. The van der Waals surface area contributed by atoms with E-state index in [0.29, 0.717) is 24.3 Å². The van der Waals surface area contributed by atoms with Gasteiger partial charge in [0.1, 0.15) is 5.78 Å². The summed E-state index contributed by atoms with van der Waals surface area (Å²) in [4.78, 5) is 15.7. The third kappa shape index (κ3) is 7.91. The highest BCUT2D eigenvalue weighted by atomic mass is 16.1. The van der Waals surface area contributed by atoms with E-state index in [-0.39, 0.29) is 11.8 Å². The van der Waals surface area contributed by atoms with E-state index in [4.69, 9.17) is 5.73 Å². The van der Waals surface area contributed by atoms with Crippen LogP contribution in [0, 0.1) is 5.92 Å². The Hall–Kier alpha value is -0.900. The van der Waals surface area contributed by atoms with Gasteiger partial charge in [-0.05, 0) is 19.8 Å². The summed E-state index contributed by atoms with van der Waals surface area (Å²) in [6.07, 6.45) is 1.71. The van der Waals surface area contributed by atoms with Crippen molar-refractivity contribution in [2.24, 2.45) is 16.6 Å². The quantitative estimate of drug-likeness (QED) is 0.386. The Balaban J connectivity index is 3.99. The van der Waals surface area contributed by atoms with E-state index < -0.39 is 0 Å². The minimum atomic E-state index is -0.0505. The van der Waals surface area contributed by atoms with Gasteiger partial charge in [-0.3, -0.25) is 9.79 Å². The number of nitrogens with one attached hydrogen (secondary N) is 1. The number of ketones is 1. The zero-order valence-electron chi connectivity index (χ0n) is 11.8. The molecule has 0 aliphatic rings. The highest BCUT2D eigenvalue weighted by Gasteiger charge is 2.13. The average molecular weight is 241 g/mol. The molecule has 0 aromatic carbocycles. The predicted octanol–water partition coefficient (Wildman–Crippen LogP) is 1.74. The number of aliphatic imine (C=N–C) groups is 1. The second kappa shape index (κ2) is 8.23. The standard InChI is InChI=1S/C13H27N3O/c1-9(2)13(14)15-8-6-7-12(11(5)17)16-10(3)4/h9-10,12,16H,6-8H2,1-5H3,(H2,14,15). The van der Waals surface area contributed by atoms with E-state index in [1.807, 2.05) is 27.7 Å². The Morgan fingerprint density at radius 2 is 1.88 bits per heavy atom. The second-order valence-corrected chi connectivity index (χ2v) is 5.09. The van der Waals surface area contributed by atoms with Crippen LogP contribution in [0.3, 0.4) is 0 Å². The molecule has 0 amide bonds. The number of rotatable bonds is 8. The normalized spacial score (nSPS) is 14.4. The minimum absolute atomic E-state index is 0.0505. The van der Waals surface area contributed by atoms with E-state index in [0.717, 1.165) is 12.8 Å². The van der Waals surface area contributed by atoms with Gasteiger partial charge in [0.15, 0.2) is 0 Å². The van der Waals surface area contributed by atoms with E-state index in [1.54, 1.807) is 6.92 Å². The van der Waals surface area contributed by atoms with Crippen molar-refractivity contribution >= 4 is 11.6 Å². The van der Waals surface area contributed by atoms with Gasteiger partial charge in [-0.1, -0.05) is 27.7 Å². The number of nitrogens with two attached hydrogens (primary N) is 1. The summed E-state index contributed by atoms with van der Waals surface area (Å²) in [7, 11) is 0. The van der Waals surface area contributed by atoms with E-state index in [9.17, 15) is 4.79 Å². The highest BCUT2D eigenvalue weighted by Crippen LogP contribution is 2.02. The SMILES string of the molecule is CC(=O)C(CCCN=C(N)C(C)C)NC(C)C. The molecule has 4 nitrogen and oxygen atoms in total. The van der Waals surface area contributed by atoms with Crippen LogP contribution in [0.2, 0.25) is 0 Å². The van der Waals surface area contributed by atoms with Crippen LogP contribution in [0.4, 0.5) is 0 Å². The lowest BCUT2D eigenvalue weighted by Gasteiger charge is -2.18. The molecule has 0 saturated carbocycles. The molecule has 0 heterocycles. The lowest BCUT2D eigenvalue weighted by atomic mass is 10.1. The van der Waals surface area contributed by atoms with Gasteiger partial charge < -0.3 is 11.1 Å². The van der Waals surface area contributed by atoms with Gasteiger partial charge in [-0.2, -0.15) is 0 Å². The van der Waals surface area contributed by atoms with Gasteiger partial charge >= 0.3 is 0 Å². The molecule has 0 spiro atoms. The second-order valence-electron chi connectivity index (χ2n) is 5.09. The number of carbonyl (C=O) groups is 1. The van der Waals surface area contributed by atoms with Gasteiger partial charge in [0.2, 0.25) is 0 Å². The lowest BCUT2D eigenvalue weighted by Crippen LogP contribution is -2.39. The summed E-state index contributed by atoms with van der Waals surface area (Å²) in [5, 5.41) is 3.26. The molecule has 0 aliphatic carbocycles. The fraction of sp³-hybridized carbons (Fsp3) is 0.846. The number of Topliss-reactive ketones (excluding diaryl/α,β-unsaturated/α-hetero) is 1. The average Bonchev–Trinajstić information content (AvgIpc) is 2.21. The number of carbonyl (C=O) groups excluding carboxylic acids is 1. The fourth-order valence-electron chi connectivity index (χ4n) is 1.49. The zero-order chi connectivity index (χ0) is 13.4. The molecule has 0 aromatic rings. The first-order valence-electron chi connectivity index (χ1n) is 6.40. The number of hydrogen-bond acceptors (Lipinski definition) is 3. The summed E-state index contributed by atoms with van der Waals surface area (Å²) in [6, 6.07) is 0.276. The molecule has 0 bridgehead atoms. The van der Waals surface area contributed by atoms with Crippen molar-refractivity contribution in [1.29, 1.82) is 0 Å². The van der Waals surface area contributed by atoms with Crippen LogP contribution >= 0.6 is 0 Å². The van der Waals surface area contributed by atoms with Crippen molar-refractivity contribution in [2.75, 3.05) is 6.54 Å². The molecule has 100 valence electrons. The molecule has 1 atom stereocenters. The van der Waals surface area contributed by atoms with Crippen LogP contribution in [0.15, 0.2) is 4.99 Å². The van der Waals surface area contributed by atoms with Crippen LogP contribution in [-0.4, -0.2) is 30.2 Å². The first-order valence-corrected chi connectivity index (χ1v) is 6.40. The first-order chi connectivity index (χ1) is 7.84. The molecule has 0 fully saturated rings. The summed E-state index contributed by atoms with van der Waals surface area (Å²) >= 11 is 0. The van der Waals surface area contributed by atoms with Crippen molar-refractivity contribution in [3.8, 4) is 0 Å². The zero-order valence-corrected chi connectivity index (χ0v) is 11.8. The fourth-order valence-corrected chi connectivity index (χ4v) is 1.49. The number of hydrogen-bond donors (Lipinski definition) is 2. The number of amidine groups is 1. The van der Waals surface area contributed by atoms with Gasteiger partial charge in [0.05, 0.1) is 11.9 Å². The molecule has 0 aliphatic heterocycles. The Kier molecular flexibility index (Phi) is 7.79. The molecule has 0 saturated heterocycles. The van der Waals surface area contributed by atoms with E-state index in [1.165, 1.54) is 0 Å². The number of nitrogens with zero attached hydrogens (tertiary/aromatic N) is 1. The Morgan fingerprint density at radius 3 is 2.29 bits per heavy atom. The van der Waals surface area contributed by atoms with Crippen LogP contribution < -0.4 is 11.1 Å².